The lowest BCUT2D eigenvalue weighted by atomic mass is 10.00. The van der Waals surface area contributed by atoms with E-state index in [0.29, 0.717) is 0 Å². The summed E-state index contributed by atoms with van der Waals surface area (Å²) in [7, 11) is 0. The van der Waals surface area contributed by atoms with Crippen LogP contribution in [0.4, 0.5) is 0 Å². The molecule has 0 saturated carbocycles. The molecule has 0 amide bonds. The van der Waals surface area contributed by atoms with Gasteiger partial charge in [0.2, 0.25) is 0 Å². The molecule has 2 heteroatoms. The largest absolute Gasteiger partial charge is 0.454 e. The zero-order chi connectivity index (χ0) is 10.1. The van der Waals surface area contributed by atoms with E-state index in [9.17, 15) is 4.79 Å². The summed E-state index contributed by atoms with van der Waals surface area (Å²) in [5, 5.41) is 0. The smallest absolute Gasteiger partial charge is 0.339 e. The van der Waals surface area contributed by atoms with Crippen molar-refractivity contribution < 1.29 is 9.53 Å². The van der Waals surface area contributed by atoms with Crippen molar-refractivity contribution in [1.82, 2.24) is 0 Å². The van der Waals surface area contributed by atoms with E-state index in [2.05, 4.69) is 13.0 Å². The van der Waals surface area contributed by atoms with Gasteiger partial charge in [-0.3, -0.25) is 0 Å². The molecule has 14 heavy (non-hydrogen) atoms. The van der Waals surface area contributed by atoms with Crippen LogP contribution >= 0.6 is 0 Å². The van der Waals surface area contributed by atoms with Gasteiger partial charge in [-0.05, 0) is 24.5 Å². The summed E-state index contributed by atoms with van der Waals surface area (Å²) < 4.78 is 5.24. The first-order valence-corrected chi connectivity index (χ1v) is 5.10. The lowest BCUT2D eigenvalue weighted by Gasteiger charge is -2.06. The minimum Gasteiger partial charge on any atom is -0.454 e. The summed E-state index contributed by atoms with van der Waals surface area (Å²) in [4.78, 5) is 11.5. The van der Waals surface area contributed by atoms with Gasteiger partial charge in [0.15, 0.2) is 0 Å². The first-order chi connectivity index (χ1) is 6.76. The monoisotopic (exact) mass is 190 g/mol. The van der Waals surface area contributed by atoms with Crippen molar-refractivity contribution in [2.24, 2.45) is 0 Å². The molecule has 0 bridgehead atoms. The molecule has 0 spiro atoms. The molecule has 1 aromatic rings. The van der Waals surface area contributed by atoms with Crippen LogP contribution in [0.15, 0.2) is 18.2 Å². The number of ether oxygens (including phenoxy) is 1. The van der Waals surface area contributed by atoms with Crippen LogP contribution in [0, 0.1) is 0 Å². The van der Waals surface area contributed by atoms with E-state index in [1.54, 1.807) is 0 Å². The molecular weight excluding hydrogens is 176 g/mol. The molecule has 0 fully saturated rings. The van der Waals surface area contributed by atoms with Crippen molar-refractivity contribution in [3.05, 3.63) is 34.9 Å². The van der Waals surface area contributed by atoms with Gasteiger partial charge in [-0.2, -0.15) is 0 Å². The number of benzene rings is 1. The second kappa shape index (κ2) is 3.45. The van der Waals surface area contributed by atoms with Gasteiger partial charge in [-0.1, -0.05) is 26.0 Å². The zero-order valence-electron chi connectivity index (χ0n) is 8.54. The standard InChI is InChI=1S/C12H14O2/c1-3-8-5-6-9-10(7-8)12(13)14-11(9)4-2/h5-7,11H,3-4H2,1-2H3. The molecule has 1 aliphatic rings. The Morgan fingerprint density at radius 1 is 1.36 bits per heavy atom. The number of fused-ring (bicyclic) bond motifs is 1. The summed E-state index contributed by atoms with van der Waals surface area (Å²) in [6.07, 6.45) is 1.78. The van der Waals surface area contributed by atoms with Crippen molar-refractivity contribution in [2.45, 2.75) is 32.8 Å². The molecule has 1 unspecified atom stereocenters. The summed E-state index contributed by atoms with van der Waals surface area (Å²) >= 11 is 0. The quantitative estimate of drug-likeness (QED) is 0.670. The Morgan fingerprint density at radius 2 is 2.14 bits per heavy atom. The number of hydrogen-bond acceptors (Lipinski definition) is 2. The predicted octanol–water partition coefficient (Wildman–Crippen LogP) is 2.87. The highest BCUT2D eigenvalue weighted by molar-refractivity contribution is 5.94. The van der Waals surface area contributed by atoms with E-state index < -0.39 is 0 Å². The lowest BCUT2D eigenvalue weighted by Crippen LogP contribution is -1.96. The van der Waals surface area contributed by atoms with Crippen LogP contribution in [-0.4, -0.2) is 5.97 Å². The molecule has 0 saturated heterocycles. The second-order valence-electron chi connectivity index (χ2n) is 3.58. The molecule has 2 nitrogen and oxygen atoms in total. The first kappa shape index (κ1) is 9.25. The van der Waals surface area contributed by atoms with Crippen LogP contribution in [0.1, 0.15) is 47.9 Å². The van der Waals surface area contributed by atoms with Crippen molar-refractivity contribution >= 4 is 5.97 Å². The molecule has 1 heterocycles. The highest BCUT2D eigenvalue weighted by atomic mass is 16.5. The van der Waals surface area contributed by atoms with Gasteiger partial charge in [0.25, 0.3) is 0 Å². The summed E-state index contributed by atoms with van der Waals surface area (Å²) in [5.74, 6) is -0.165. The van der Waals surface area contributed by atoms with E-state index in [4.69, 9.17) is 4.74 Å². The summed E-state index contributed by atoms with van der Waals surface area (Å²) in [6.45, 7) is 4.11. The predicted molar refractivity (Wildman–Crippen MR) is 54.3 cm³/mol. The molecule has 2 rings (SSSR count). The maximum atomic E-state index is 11.5. The fraction of sp³-hybridized carbons (Fsp3) is 0.417. The van der Waals surface area contributed by atoms with Gasteiger partial charge in [0.05, 0.1) is 5.56 Å². The van der Waals surface area contributed by atoms with E-state index in [1.165, 1.54) is 5.56 Å². The number of rotatable bonds is 2. The Hall–Kier alpha value is -1.31. The molecule has 74 valence electrons. The second-order valence-corrected chi connectivity index (χ2v) is 3.58. The average molecular weight is 190 g/mol. The third-order valence-electron chi connectivity index (χ3n) is 2.71. The summed E-state index contributed by atoms with van der Waals surface area (Å²) in [6, 6.07) is 6.05. The highest BCUT2D eigenvalue weighted by Crippen LogP contribution is 2.33. The van der Waals surface area contributed by atoms with Gasteiger partial charge in [0, 0.05) is 5.56 Å². The minimum atomic E-state index is -0.165. The SMILES string of the molecule is CCc1ccc2c(c1)C(=O)OC2CC. The molecule has 0 N–H and O–H groups in total. The Kier molecular flexibility index (Phi) is 2.28. The van der Waals surface area contributed by atoms with Gasteiger partial charge in [-0.15, -0.1) is 0 Å². The number of aryl methyl sites for hydroxylation is 1. The number of esters is 1. The van der Waals surface area contributed by atoms with Crippen LogP contribution in [0.25, 0.3) is 0 Å². The molecule has 0 aromatic heterocycles. The normalized spacial score (nSPS) is 19.3. The Labute approximate surface area is 83.9 Å². The van der Waals surface area contributed by atoms with Crippen LogP contribution in [-0.2, 0) is 11.2 Å². The molecule has 0 aliphatic carbocycles. The van der Waals surface area contributed by atoms with Crippen LogP contribution < -0.4 is 0 Å². The van der Waals surface area contributed by atoms with E-state index in [1.807, 2.05) is 19.1 Å². The lowest BCUT2D eigenvalue weighted by molar-refractivity contribution is 0.0378. The van der Waals surface area contributed by atoms with Crippen molar-refractivity contribution in [3.8, 4) is 0 Å². The topological polar surface area (TPSA) is 26.3 Å². The first-order valence-electron chi connectivity index (χ1n) is 5.10. The van der Waals surface area contributed by atoms with E-state index in [0.717, 1.165) is 24.0 Å². The van der Waals surface area contributed by atoms with Gasteiger partial charge in [0.1, 0.15) is 6.10 Å². The number of cyclic esters (lactones) is 1. The highest BCUT2D eigenvalue weighted by Gasteiger charge is 2.29. The Bertz CT molecular complexity index is 369. The minimum absolute atomic E-state index is 0.0246. The molecule has 1 atom stereocenters. The zero-order valence-corrected chi connectivity index (χ0v) is 8.54. The van der Waals surface area contributed by atoms with E-state index in [-0.39, 0.29) is 12.1 Å². The van der Waals surface area contributed by atoms with Crippen LogP contribution in [0.5, 0.6) is 0 Å². The fourth-order valence-electron chi connectivity index (χ4n) is 1.84. The third kappa shape index (κ3) is 1.31. The molecule has 0 radical (unpaired) electrons. The van der Waals surface area contributed by atoms with Crippen molar-refractivity contribution in [1.29, 1.82) is 0 Å². The molecular formula is C12H14O2. The van der Waals surface area contributed by atoms with Crippen LogP contribution in [0.2, 0.25) is 0 Å². The van der Waals surface area contributed by atoms with Crippen molar-refractivity contribution in [3.63, 3.8) is 0 Å². The van der Waals surface area contributed by atoms with Crippen LogP contribution in [0.3, 0.4) is 0 Å². The maximum absolute atomic E-state index is 11.5. The molecule has 1 aliphatic heterocycles. The number of hydrogen-bond donors (Lipinski definition) is 0. The van der Waals surface area contributed by atoms with Gasteiger partial charge in [-0.25, -0.2) is 4.79 Å². The average Bonchev–Trinajstić information content (AvgIpc) is 2.55. The summed E-state index contributed by atoms with van der Waals surface area (Å²) in [5.41, 5.74) is 3.00. The maximum Gasteiger partial charge on any atom is 0.339 e. The van der Waals surface area contributed by atoms with E-state index >= 15 is 0 Å². The number of carbonyl (C=O) groups is 1. The Balaban J connectivity index is 2.46. The number of carbonyl (C=O) groups excluding carboxylic acids is 1. The Morgan fingerprint density at radius 3 is 2.79 bits per heavy atom. The fourth-order valence-corrected chi connectivity index (χ4v) is 1.84. The van der Waals surface area contributed by atoms with Crippen molar-refractivity contribution in [2.75, 3.05) is 0 Å². The van der Waals surface area contributed by atoms with Gasteiger partial charge >= 0.3 is 5.97 Å². The van der Waals surface area contributed by atoms with Gasteiger partial charge < -0.3 is 4.74 Å². The third-order valence-corrected chi connectivity index (χ3v) is 2.71. The molecule has 1 aromatic carbocycles.